The predicted molar refractivity (Wildman–Crippen MR) is 114 cm³/mol. The van der Waals surface area contributed by atoms with Gasteiger partial charge in [0.25, 0.3) is 16.8 Å². The van der Waals surface area contributed by atoms with Gasteiger partial charge < -0.3 is 0 Å². The zero-order valence-corrected chi connectivity index (χ0v) is 16.4. The van der Waals surface area contributed by atoms with Crippen molar-refractivity contribution < 1.29 is 14.5 Å². The van der Waals surface area contributed by atoms with Crippen molar-refractivity contribution in [3.8, 4) is 0 Å². The van der Waals surface area contributed by atoms with Gasteiger partial charge in [0.2, 0.25) is 0 Å². The molecule has 8 heteroatoms. The summed E-state index contributed by atoms with van der Waals surface area (Å²) in [6.45, 7) is 0.157. The lowest BCUT2D eigenvalue weighted by molar-refractivity contribution is -0.384. The molecule has 1 aliphatic rings. The van der Waals surface area contributed by atoms with Crippen molar-refractivity contribution in [1.82, 2.24) is 4.90 Å². The molecule has 0 aliphatic carbocycles. The number of nitrogens with zero attached hydrogens (tertiary/aromatic N) is 2. The van der Waals surface area contributed by atoms with Crippen LogP contribution in [0.1, 0.15) is 11.1 Å². The highest BCUT2D eigenvalue weighted by Crippen LogP contribution is 2.35. The summed E-state index contributed by atoms with van der Waals surface area (Å²) in [4.78, 5) is 37.1. The molecule has 0 N–H and O–H groups in total. The highest BCUT2D eigenvalue weighted by molar-refractivity contribution is 8.18. The molecule has 0 spiro atoms. The third kappa shape index (κ3) is 3.74. The van der Waals surface area contributed by atoms with E-state index in [4.69, 9.17) is 11.6 Å². The molecule has 0 aromatic heterocycles. The number of carbonyl (C=O) groups excluding carboxylic acids is 2. The summed E-state index contributed by atoms with van der Waals surface area (Å²) in [5.74, 6) is -0.425. The molecule has 0 saturated carbocycles. The molecule has 3 aromatic rings. The van der Waals surface area contributed by atoms with E-state index in [2.05, 4.69) is 0 Å². The maximum atomic E-state index is 12.8. The lowest BCUT2D eigenvalue weighted by Gasteiger charge is -2.14. The van der Waals surface area contributed by atoms with Crippen molar-refractivity contribution in [3.05, 3.63) is 91.8 Å². The van der Waals surface area contributed by atoms with Crippen LogP contribution in [0, 0.1) is 10.1 Å². The van der Waals surface area contributed by atoms with Gasteiger partial charge in [-0.1, -0.05) is 60.1 Å². The SMILES string of the molecule is O=C1S/C(=C/c2ccc(Cl)c([N+](=O)[O-])c2)C(=O)N1Cc1cccc2ccccc12. The molecule has 6 nitrogen and oxygen atoms in total. The van der Waals surface area contributed by atoms with Crippen LogP contribution in [-0.2, 0) is 11.3 Å². The van der Waals surface area contributed by atoms with E-state index in [1.165, 1.54) is 23.1 Å². The van der Waals surface area contributed by atoms with Gasteiger partial charge in [-0.3, -0.25) is 24.6 Å². The standard InChI is InChI=1S/C21H13ClN2O4S/c22-17-9-8-13(10-18(17)24(27)28)11-19-20(25)23(21(26)29-19)12-15-6-3-5-14-4-1-2-7-16(14)15/h1-11H,12H2/b19-11+. The van der Waals surface area contributed by atoms with Gasteiger partial charge in [-0.05, 0) is 45.8 Å². The molecule has 2 amide bonds. The second-order valence-electron chi connectivity index (χ2n) is 6.37. The Labute approximate surface area is 174 Å². The van der Waals surface area contributed by atoms with Gasteiger partial charge in [-0.2, -0.15) is 0 Å². The summed E-state index contributed by atoms with van der Waals surface area (Å²) in [6, 6.07) is 17.7. The minimum Gasteiger partial charge on any atom is -0.268 e. The molecular formula is C21H13ClN2O4S. The topological polar surface area (TPSA) is 80.5 Å². The van der Waals surface area contributed by atoms with Crippen LogP contribution in [0.3, 0.4) is 0 Å². The third-order valence-corrected chi connectivity index (χ3v) is 5.77. The van der Waals surface area contributed by atoms with Crippen LogP contribution < -0.4 is 0 Å². The quantitative estimate of drug-likeness (QED) is 0.307. The molecule has 0 atom stereocenters. The van der Waals surface area contributed by atoms with Crippen LogP contribution in [0.25, 0.3) is 16.8 Å². The number of benzene rings is 3. The fourth-order valence-corrected chi connectivity index (χ4v) is 4.17. The number of hydrogen-bond acceptors (Lipinski definition) is 5. The lowest BCUT2D eigenvalue weighted by Crippen LogP contribution is -2.27. The number of carbonyl (C=O) groups is 2. The summed E-state index contributed by atoms with van der Waals surface area (Å²) in [7, 11) is 0. The van der Waals surface area contributed by atoms with Gasteiger partial charge in [-0.25, -0.2) is 0 Å². The first-order valence-corrected chi connectivity index (χ1v) is 9.79. The molecular weight excluding hydrogens is 412 g/mol. The Hall–Kier alpha value is -3.16. The van der Waals surface area contributed by atoms with Crippen molar-refractivity contribution in [2.24, 2.45) is 0 Å². The van der Waals surface area contributed by atoms with Gasteiger partial charge in [0, 0.05) is 6.07 Å². The van der Waals surface area contributed by atoms with E-state index in [0.29, 0.717) is 5.56 Å². The molecule has 144 valence electrons. The lowest BCUT2D eigenvalue weighted by atomic mass is 10.0. The third-order valence-electron chi connectivity index (χ3n) is 4.55. The van der Waals surface area contributed by atoms with Crippen LogP contribution in [0.5, 0.6) is 0 Å². The molecule has 0 bridgehead atoms. The Balaban J connectivity index is 1.63. The van der Waals surface area contributed by atoms with E-state index in [9.17, 15) is 19.7 Å². The Morgan fingerprint density at radius 2 is 1.83 bits per heavy atom. The molecule has 1 aliphatic heterocycles. The van der Waals surface area contributed by atoms with E-state index in [1.807, 2.05) is 42.5 Å². The van der Waals surface area contributed by atoms with Gasteiger partial charge in [0.1, 0.15) is 5.02 Å². The molecule has 0 unspecified atom stereocenters. The van der Waals surface area contributed by atoms with Crippen molar-refractivity contribution in [2.45, 2.75) is 6.54 Å². The number of imide groups is 1. The number of thioether (sulfide) groups is 1. The fourth-order valence-electron chi connectivity index (χ4n) is 3.15. The second-order valence-corrected chi connectivity index (χ2v) is 7.77. The Bertz CT molecular complexity index is 1200. The Morgan fingerprint density at radius 1 is 1.07 bits per heavy atom. The monoisotopic (exact) mass is 424 g/mol. The van der Waals surface area contributed by atoms with Crippen LogP contribution in [-0.4, -0.2) is 21.0 Å². The summed E-state index contributed by atoms with van der Waals surface area (Å²) in [5, 5.41) is 12.7. The van der Waals surface area contributed by atoms with Crippen molar-refractivity contribution in [3.63, 3.8) is 0 Å². The van der Waals surface area contributed by atoms with E-state index >= 15 is 0 Å². The number of hydrogen-bond donors (Lipinski definition) is 0. The number of fused-ring (bicyclic) bond motifs is 1. The van der Waals surface area contributed by atoms with Gasteiger partial charge in [0.05, 0.1) is 16.4 Å². The Morgan fingerprint density at radius 3 is 2.62 bits per heavy atom. The van der Waals surface area contributed by atoms with Crippen LogP contribution in [0.4, 0.5) is 10.5 Å². The van der Waals surface area contributed by atoms with Crippen molar-refractivity contribution in [2.75, 3.05) is 0 Å². The van der Waals surface area contributed by atoms with E-state index in [-0.39, 0.29) is 27.4 Å². The molecule has 29 heavy (non-hydrogen) atoms. The summed E-state index contributed by atoms with van der Waals surface area (Å²) < 4.78 is 0. The van der Waals surface area contributed by atoms with Gasteiger partial charge >= 0.3 is 0 Å². The number of nitro benzene ring substituents is 1. The van der Waals surface area contributed by atoms with E-state index in [0.717, 1.165) is 28.1 Å². The summed E-state index contributed by atoms with van der Waals surface area (Å²) >= 11 is 6.64. The minimum atomic E-state index is -0.591. The number of nitro groups is 1. The van der Waals surface area contributed by atoms with Crippen molar-refractivity contribution in [1.29, 1.82) is 0 Å². The Kier molecular flexibility index (Phi) is 5.08. The molecule has 0 radical (unpaired) electrons. The molecule has 1 fully saturated rings. The molecule has 4 rings (SSSR count). The summed E-state index contributed by atoms with van der Waals surface area (Å²) in [5.41, 5.74) is 1.04. The first kappa shape index (κ1) is 19.2. The average Bonchev–Trinajstić information content (AvgIpc) is 2.97. The minimum absolute atomic E-state index is 0.0104. The van der Waals surface area contributed by atoms with Gasteiger partial charge in [0.15, 0.2) is 0 Å². The van der Waals surface area contributed by atoms with Crippen LogP contribution in [0.2, 0.25) is 5.02 Å². The predicted octanol–water partition coefficient (Wildman–Crippen LogP) is 5.64. The maximum absolute atomic E-state index is 12.8. The largest absolute Gasteiger partial charge is 0.293 e. The number of halogens is 1. The molecule has 1 heterocycles. The average molecular weight is 425 g/mol. The summed E-state index contributed by atoms with van der Waals surface area (Å²) in [6.07, 6.45) is 1.47. The normalized spacial score (nSPS) is 15.5. The zero-order valence-electron chi connectivity index (χ0n) is 14.9. The first-order chi connectivity index (χ1) is 13.9. The van der Waals surface area contributed by atoms with Crippen molar-refractivity contribution >= 4 is 57.0 Å². The highest BCUT2D eigenvalue weighted by atomic mass is 35.5. The number of rotatable bonds is 4. The smallest absolute Gasteiger partial charge is 0.268 e. The van der Waals surface area contributed by atoms with Crippen LogP contribution >= 0.6 is 23.4 Å². The van der Waals surface area contributed by atoms with E-state index < -0.39 is 10.8 Å². The van der Waals surface area contributed by atoms with E-state index in [1.54, 1.807) is 6.07 Å². The maximum Gasteiger partial charge on any atom is 0.293 e. The first-order valence-electron chi connectivity index (χ1n) is 8.60. The molecule has 3 aromatic carbocycles. The second kappa shape index (κ2) is 7.69. The highest BCUT2D eigenvalue weighted by Gasteiger charge is 2.35. The zero-order chi connectivity index (χ0) is 20.5. The van der Waals surface area contributed by atoms with Crippen LogP contribution in [0.15, 0.2) is 65.6 Å². The van der Waals surface area contributed by atoms with Gasteiger partial charge in [-0.15, -0.1) is 0 Å². The molecule has 1 saturated heterocycles. The fraction of sp³-hybridized carbons (Fsp3) is 0.0476. The number of amides is 2.